The van der Waals surface area contributed by atoms with E-state index in [2.05, 4.69) is 5.32 Å². The number of nitrogens with zero attached hydrogens (tertiary/aromatic N) is 1. The third-order valence-corrected chi connectivity index (χ3v) is 6.09. The van der Waals surface area contributed by atoms with Crippen molar-refractivity contribution in [3.05, 3.63) is 59.1 Å². The molecule has 2 aromatic rings. The van der Waals surface area contributed by atoms with Crippen molar-refractivity contribution >= 4 is 23.5 Å². The highest BCUT2D eigenvalue weighted by molar-refractivity contribution is 6.32. The monoisotopic (exact) mass is 476 g/mol. The molecule has 3 N–H and O–H groups in total. The Bertz CT molecular complexity index is 971. The number of aliphatic hydroxyl groups is 1. The van der Waals surface area contributed by atoms with Crippen LogP contribution in [-0.2, 0) is 16.1 Å². The van der Waals surface area contributed by atoms with E-state index in [0.717, 1.165) is 11.3 Å². The Morgan fingerprint density at radius 1 is 1.12 bits per heavy atom. The number of halogens is 1. The van der Waals surface area contributed by atoms with Gasteiger partial charge in [-0.3, -0.25) is 14.5 Å². The molecule has 0 spiro atoms. The summed E-state index contributed by atoms with van der Waals surface area (Å²) in [5.41, 5.74) is 0.932. The summed E-state index contributed by atoms with van der Waals surface area (Å²) in [7, 11) is 3.46. The maximum absolute atomic E-state index is 12.4. The molecule has 0 saturated heterocycles. The molecule has 0 radical (unpaired) electrons. The Balaban J connectivity index is 1.79. The van der Waals surface area contributed by atoms with Crippen molar-refractivity contribution in [3.63, 3.8) is 0 Å². The number of carboxylic acids is 1. The first-order valence-electron chi connectivity index (χ1n) is 10.7. The number of carbonyl (C=O) groups is 2. The van der Waals surface area contributed by atoms with Crippen LogP contribution in [0.5, 0.6) is 11.5 Å². The normalized spacial score (nSPS) is 22.2. The molecular formula is C24H29ClN2O6. The fourth-order valence-electron chi connectivity index (χ4n) is 4.23. The number of methoxy groups -OCH3 is 1. The molecule has 2 aromatic carbocycles. The second-order valence-corrected chi connectivity index (χ2v) is 8.51. The number of aliphatic carboxylic acids is 1. The van der Waals surface area contributed by atoms with Gasteiger partial charge in [-0.2, -0.15) is 0 Å². The van der Waals surface area contributed by atoms with Gasteiger partial charge in [-0.15, -0.1) is 0 Å². The predicted molar refractivity (Wildman–Crippen MR) is 124 cm³/mol. The highest BCUT2D eigenvalue weighted by atomic mass is 35.5. The molecule has 0 bridgehead atoms. The van der Waals surface area contributed by atoms with E-state index in [4.69, 9.17) is 26.2 Å². The number of carbonyl (C=O) groups excluding carboxylic acids is 1. The maximum Gasteiger partial charge on any atom is 0.303 e. The third kappa shape index (κ3) is 6.37. The quantitative estimate of drug-likeness (QED) is 0.483. The van der Waals surface area contributed by atoms with Crippen molar-refractivity contribution < 1.29 is 29.3 Å². The summed E-state index contributed by atoms with van der Waals surface area (Å²) in [5.74, 6) is -0.250. The van der Waals surface area contributed by atoms with E-state index >= 15 is 0 Å². The molecule has 0 unspecified atom stereocenters. The van der Waals surface area contributed by atoms with Gasteiger partial charge in [-0.05, 0) is 25.2 Å². The van der Waals surface area contributed by atoms with Crippen molar-refractivity contribution in [2.45, 2.75) is 50.1 Å². The van der Waals surface area contributed by atoms with Gasteiger partial charge in [0, 0.05) is 24.9 Å². The van der Waals surface area contributed by atoms with Gasteiger partial charge in [-0.1, -0.05) is 41.9 Å². The Labute approximate surface area is 198 Å². The van der Waals surface area contributed by atoms with Gasteiger partial charge in [0.1, 0.15) is 23.7 Å². The smallest absolute Gasteiger partial charge is 0.303 e. The molecule has 1 saturated carbocycles. The summed E-state index contributed by atoms with van der Waals surface area (Å²) in [6.07, 6.45) is -1.60. The number of likely N-dealkylation sites (N-methyl/N-ethyl adjacent to an activating group) is 1. The van der Waals surface area contributed by atoms with Crippen LogP contribution < -0.4 is 14.8 Å². The van der Waals surface area contributed by atoms with E-state index in [-0.39, 0.29) is 18.7 Å². The summed E-state index contributed by atoms with van der Waals surface area (Å²) in [6.45, 7) is 0.464. The van der Waals surface area contributed by atoms with Gasteiger partial charge >= 0.3 is 5.97 Å². The topological polar surface area (TPSA) is 108 Å². The molecule has 8 nitrogen and oxygen atoms in total. The zero-order chi connectivity index (χ0) is 24.0. The number of ether oxygens (including phenoxy) is 2. The van der Waals surface area contributed by atoms with Crippen LogP contribution in [0.2, 0.25) is 5.02 Å². The molecule has 9 heteroatoms. The van der Waals surface area contributed by atoms with Gasteiger partial charge in [0.05, 0.1) is 30.6 Å². The molecular weight excluding hydrogens is 448 g/mol. The predicted octanol–water partition coefficient (Wildman–Crippen LogP) is 2.71. The molecule has 4 atom stereocenters. The number of nitrogens with one attached hydrogen (secondary N) is 1. The van der Waals surface area contributed by atoms with Gasteiger partial charge < -0.3 is 25.0 Å². The summed E-state index contributed by atoms with van der Waals surface area (Å²) < 4.78 is 11.5. The number of amides is 1. The van der Waals surface area contributed by atoms with Crippen molar-refractivity contribution in [1.82, 2.24) is 10.2 Å². The number of hydrogen-bond donors (Lipinski definition) is 3. The van der Waals surface area contributed by atoms with E-state index in [9.17, 15) is 14.7 Å². The molecule has 178 valence electrons. The van der Waals surface area contributed by atoms with Crippen molar-refractivity contribution in [1.29, 1.82) is 0 Å². The van der Waals surface area contributed by atoms with Gasteiger partial charge in [0.25, 0.3) is 0 Å². The van der Waals surface area contributed by atoms with E-state index in [1.165, 1.54) is 0 Å². The summed E-state index contributed by atoms with van der Waals surface area (Å²) >= 11 is 6.23. The van der Waals surface area contributed by atoms with E-state index in [1.807, 2.05) is 36.2 Å². The van der Waals surface area contributed by atoms with E-state index in [0.29, 0.717) is 23.7 Å². The standard InChI is InChI=1S/C24H29ClN2O6/c1-27(14-15-7-3-5-9-18(15)32-2)23-17(26-21(28)11-12-22(29)30)13-20(24(23)31)33-19-10-6-4-8-16(19)25/h3-10,17,20,23-24,31H,11-14H2,1-2H3,(H,26,28)(H,29,30)/t17-,20-,23+,24+/m1/s1. The fourth-order valence-corrected chi connectivity index (χ4v) is 4.41. The Hall–Kier alpha value is -2.81. The molecule has 1 fully saturated rings. The lowest BCUT2D eigenvalue weighted by Gasteiger charge is -2.32. The highest BCUT2D eigenvalue weighted by Gasteiger charge is 2.46. The first-order chi connectivity index (χ1) is 15.8. The molecule has 1 aliphatic rings. The first kappa shape index (κ1) is 24.8. The number of aliphatic hydroxyl groups excluding tert-OH is 1. The Morgan fingerprint density at radius 3 is 2.45 bits per heavy atom. The molecule has 0 heterocycles. The average molecular weight is 477 g/mol. The highest BCUT2D eigenvalue weighted by Crippen LogP contribution is 2.33. The minimum Gasteiger partial charge on any atom is -0.496 e. The van der Waals surface area contributed by atoms with Crippen LogP contribution in [0.1, 0.15) is 24.8 Å². The molecule has 0 aliphatic heterocycles. The number of hydrogen-bond acceptors (Lipinski definition) is 6. The van der Waals surface area contributed by atoms with Crippen LogP contribution in [0.3, 0.4) is 0 Å². The van der Waals surface area contributed by atoms with E-state index in [1.54, 1.807) is 31.4 Å². The fraction of sp³-hybridized carbons (Fsp3) is 0.417. The average Bonchev–Trinajstić information content (AvgIpc) is 3.08. The van der Waals surface area contributed by atoms with Crippen LogP contribution in [-0.4, -0.2) is 65.4 Å². The second kappa shape index (κ2) is 11.4. The minimum atomic E-state index is -1.04. The molecule has 33 heavy (non-hydrogen) atoms. The van der Waals surface area contributed by atoms with Crippen molar-refractivity contribution in [3.8, 4) is 11.5 Å². The molecule has 0 aromatic heterocycles. The van der Waals surface area contributed by atoms with Crippen LogP contribution >= 0.6 is 11.6 Å². The van der Waals surface area contributed by atoms with Crippen LogP contribution in [0.4, 0.5) is 0 Å². The SMILES string of the molecule is COc1ccccc1CN(C)[C@@H]1[C@@H](O)[C@H](Oc2ccccc2Cl)C[C@H]1NC(=O)CCC(=O)O. The number of para-hydroxylation sites is 2. The summed E-state index contributed by atoms with van der Waals surface area (Å²) in [5, 5.41) is 23.4. The van der Waals surface area contributed by atoms with Crippen LogP contribution in [0.15, 0.2) is 48.5 Å². The number of carboxylic acid groups (broad SMARTS) is 1. The van der Waals surface area contributed by atoms with E-state index < -0.39 is 30.3 Å². The lowest BCUT2D eigenvalue weighted by molar-refractivity contribution is -0.139. The lowest BCUT2D eigenvalue weighted by atomic mass is 10.1. The zero-order valence-corrected chi connectivity index (χ0v) is 19.4. The van der Waals surface area contributed by atoms with Crippen molar-refractivity contribution in [2.75, 3.05) is 14.2 Å². The van der Waals surface area contributed by atoms with Crippen LogP contribution in [0.25, 0.3) is 0 Å². The second-order valence-electron chi connectivity index (χ2n) is 8.10. The summed E-state index contributed by atoms with van der Waals surface area (Å²) in [6, 6.07) is 13.7. The Morgan fingerprint density at radius 2 is 1.79 bits per heavy atom. The zero-order valence-electron chi connectivity index (χ0n) is 18.6. The molecule has 1 amide bonds. The molecule has 1 aliphatic carbocycles. The number of benzene rings is 2. The first-order valence-corrected chi connectivity index (χ1v) is 11.1. The number of rotatable bonds is 10. The Kier molecular flexibility index (Phi) is 8.55. The van der Waals surface area contributed by atoms with Gasteiger partial charge in [0.2, 0.25) is 5.91 Å². The van der Waals surface area contributed by atoms with Gasteiger partial charge in [0.15, 0.2) is 0 Å². The third-order valence-electron chi connectivity index (χ3n) is 5.78. The van der Waals surface area contributed by atoms with Crippen LogP contribution in [0, 0.1) is 0 Å². The maximum atomic E-state index is 12.4. The summed E-state index contributed by atoms with van der Waals surface area (Å²) in [4.78, 5) is 25.2. The van der Waals surface area contributed by atoms with Crippen molar-refractivity contribution in [2.24, 2.45) is 0 Å². The largest absolute Gasteiger partial charge is 0.496 e. The lowest BCUT2D eigenvalue weighted by Crippen LogP contribution is -2.51. The van der Waals surface area contributed by atoms with Gasteiger partial charge in [-0.25, -0.2) is 0 Å². The minimum absolute atomic E-state index is 0.138. The molecule has 3 rings (SSSR count).